The number of nitrogens with one attached hydrogen (secondary N) is 2. The molecule has 6 heteroatoms. The molecule has 1 aliphatic heterocycles. The standard InChI is InChI=1S/C28H32N4O2/c1-3-22-7-9-24(10-8-22)29-28(34)30-25-11-13-26(14-12-25)31-15-17-32(18-16-31)27(33)20-23-6-4-5-21(2)19-23/h4-14,19H,3,15-18,20H2,1-2H3,(H2,29,30,34). The van der Waals surface area contributed by atoms with Gasteiger partial charge >= 0.3 is 6.03 Å². The van der Waals surface area contributed by atoms with Crippen LogP contribution in [0.5, 0.6) is 0 Å². The summed E-state index contributed by atoms with van der Waals surface area (Å²) >= 11 is 0. The topological polar surface area (TPSA) is 64.7 Å². The number of urea groups is 1. The number of piperazine rings is 1. The number of hydrogen-bond donors (Lipinski definition) is 2. The smallest absolute Gasteiger partial charge is 0.323 e. The fourth-order valence-electron chi connectivity index (χ4n) is 4.20. The lowest BCUT2D eigenvalue weighted by Gasteiger charge is -2.36. The Morgan fingerprint density at radius 1 is 0.794 bits per heavy atom. The molecule has 6 nitrogen and oxygen atoms in total. The largest absolute Gasteiger partial charge is 0.368 e. The zero-order valence-corrected chi connectivity index (χ0v) is 19.9. The van der Waals surface area contributed by atoms with Gasteiger partial charge in [-0.2, -0.15) is 0 Å². The minimum Gasteiger partial charge on any atom is -0.368 e. The zero-order chi connectivity index (χ0) is 23.9. The van der Waals surface area contributed by atoms with Crippen LogP contribution in [-0.4, -0.2) is 43.0 Å². The van der Waals surface area contributed by atoms with Crippen LogP contribution in [0.4, 0.5) is 21.9 Å². The maximum absolute atomic E-state index is 12.7. The summed E-state index contributed by atoms with van der Waals surface area (Å²) in [6.45, 7) is 7.16. The second kappa shape index (κ2) is 10.9. The molecule has 34 heavy (non-hydrogen) atoms. The molecular weight excluding hydrogens is 424 g/mol. The van der Waals surface area contributed by atoms with Crippen molar-refractivity contribution in [1.29, 1.82) is 0 Å². The molecule has 1 fully saturated rings. The molecule has 1 heterocycles. The van der Waals surface area contributed by atoms with E-state index in [1.807, 2.05) is 78.6 Å². The number of carbonyl (C=O) groups excluding carboxylic acids is 2. The molecule has 0 unspecified atom stereocenters. The summed E-state index contributed by atoms with van der Waals surface area (Å²) in [5.74, 6) is 0.181. The molecule has 0 aliphatic carbocycles. The first-order valence-corrected chi connectivity index (χ1v) is 11.9. The van der Waals surface area contributed by atoms with Gasteiger partial charge in [-0.15, -0.1) is 0 Å². The maximum atomic E-state index is 12.7. The Morgan fingerprint density at radius 3 is 2.00 bits per heavy atom. The van der Waals surface area contributed by atoms with E-state index in [0.717, 1.165) is 42.1 Å². The van der Waals surface area contributed by atoms with E-state index >= 15 is 0 Å². The summed E-state index contributed by atoms with van der Waals surface area (Å²) in [5, 5.41) is 5.73. The van der Waals surface area contributed by atoms with Crippen LogP contribution < -0.4 is 15.5 Å². The quantitative estimate of drug-likeness (QED) is 0.543. The van der Waals surface area contributed by atoms with Crippen molar-refractivity contribution in [3.63, 3.8) is 0 Å². The van der Waals surface area contributed by atoms with E-state index in [1.165, 1.54) is 11.1 Å². The number of rotatable bonds is 6. The Hall–Kier alpha value is -3.80. The highest BCUT2D eigenvalue weighted by atomic mass is 16.2. The van der Waals surface area contributed by atoms with Crippen LogP contribution in [0.2, 0.25) is 0 Å². The van der Waals surface area contributed by atoms with Gasteiger partial charge in [0.2, 0.25) is 5.91 Å². The number of hydrogen-bond acceptors (Lipinski definition) is 3. The van der Waals surface area contributed by atoms with Gasteiger partial charge in [0.05, 0.1) is 6.42 Å². The van der Waals surface area contributed by atoms with Crippen molar-refractivity contribution in [3.8, 4) is 0 Å². The number of benzene rings is 3. The lowest BCUT2D eigenvalue weighted by Crippen LogP contribution is -2.49. The molecule has 3 amide bonds. The molecule has 0 bridgehead atoms. The SMILES string of the molecule is CCc1ccc(NC(=O)Nc2ccc(N3CCN(C(=O)Cc4cccc(C)c4)CC3)cc2)cc1. The van der Waals surface area contributed by atoms with Gasteiger partial charge < -0.3 is 20.4 Å². The van der Waals surface area contributed by atoms with Gasteiger partial charge in [-0.05, 0) is 60.9 Å². The lowest BCUT2D eigenvalue weighted by molar-refractivity contribution is -0.130. The highest BCUT2D eigenvalue weighted by Gasteiger charge is 2.21. The van der Waals surface area contributed by atoms with Crippen LogP contribution in [0.25, 0.3) is 0 Å². The third kappa shape index (κ3) is 6.16. The Kier molecular flexibility index (Phi) is 7.48. The first-order valence-electron chi connectivity index (χ1n) is 11.9. The molecule has 0 aromatic heterocycles. The van der Waals surface area contributed by atoms with Crippen molar-refractivity contribution in [2.24, 2.45) is 0 Å². The highest BCUT2D eigenvalue weighted by molar-refractivity contribution is 5.99. The zero-order valence-electron chi connectivity index (χ0n) is 19.9. The van der Waals surface area contributed by atoms with Gasteiger partial charge in [0, 0.05) is 43.2 Å². The van der Waals surface area contributed by atoms with E-state index in [0.29, 0.717) is 19.5 Å². The van der Waals surface area contributed by atoms with E-state index < -0.39 is 0 Å². The third-order valence-corrected chi connectivity index (χ3v) is 6.18. The fraction of sp³-hybridized carbons (Fsp3) is 0.286. The molecule has 0 radical (unpaired) electrons. The Balaban J connectivity index is 1.25. The van der Waals surface area contributed by atoms with E-state index in [-0.39, 0.29) is 11.9 Å². The number of nitrogens with zero attached hydrogens (tertiary/aromatic N) is 2. The minimum atomic E-state index is -0.266. The third-order valence-electron chi connectivity index (χ3n) is 6.18. The van der Waals surface area contributed by atoms with Crippen LogP contribution in [0.3, 0.4) is 0 Å². The van der Waals surface area contributed by atoms with Gasteiger partial charge in [-0.3, -0.25) is 4.79 Å². The summed E-state index contributed by atoms with van der Waals surface area (Å²) in [4.78, 5) is 29.2. The average molecular weight is 457 g/mol. The normalized spacial score (nSPS) is 13.5. The predicted octanol–water partition coefficient (Wildman–Crippen LogP) is 5.09. The van der Waals surface area contributed by atoms with Crippen LogP contribution in [-0.2, 0) is 17.6 Å². The van der Waals surface area contributed by atoms with Crippen molar-refractivity contribution in [2.45, 2.75) is 26.7 Å². The number of amides is 3. The van der Waals surface area contributed by atoms with Gasteiger partial charge in [-0.1, -0.05) is 48.9 Å². The highest BCUT2D eigenvalue weighted by Crippen LogP contribution is 2.20. The maximum Gasteiger partial charge on any atom is 0.323 e. The first-order chi connectivity index (χ1) is 16.5. The summed E-state index contributed by atoms with van der Waals surface area (Å²) < 4.78 is 0. The average Bonchev–Trinajstić information content (AvgIpc) is 2.85. The Bertz CT molecular complexity index is 1120. The molecule has 0 spiro atoms. The van der Waals surface area contributed by atoms with E-state index in [9.17, 15) is 9.59 Å². The van der Waals surface area contributed by atoms with E-state index in [2.05, 4.69) is 28.5 Å². The summed E-state index contributed by atoms with van der Waals surface area (Å²) in [6.07, 6.45) is 1.42. The summed E-state index contributed by atoms with van der Waals surface area (Å²) in [6, 6.07) is 23.6. The van der Waals surface area contributed by atoms with Crippen LogP contribution in [0, 0.1) is 6.92 Å². The molecule has 2 N–H and O–H groups in total. The van der Waals surface area contributed by atoms with E-state index in [4.69, 9.17) is 0 Å². The molecule has 0 saturated carbocycles. The van der Waals surface area contributed by atoms with Crippen molar-refractivity contribution in [2.75, 3.05) is 41.7 Å². The van der Waals surface area contributed by atoms with Crippen molar-refractivity contribution < 1.29 is 9.59 Å². The van der Waals surface area contributed by atoms with E-state index in [1.54, 1.807) is 0 Å². The molecule has 3 aromatic carbocycles. The van der Waals surface area contributed by atoms with Gasteiger partial charge in [-0.25, -0.2) is 4.79 Å². The van der Waals surface area contributed by atoms with Crippen molar-refractivity contribution in [1.82, 2.24) is 4.90 Å². The van der Waals surface area contributed by atoms with Crippen LogP contribution in [0.15, 0.2) is 72.8 Å². The molecule has 4 rings (SSSR count). The first kappa shape index (κ1) is 23.4. The van der Waals surface area contributed by atoms with Gasteiger partial charge in [0.15, 0.2) is 0 Å². The second-order valence-electron chi connectivity index (χ2n) is 8.71. The number of anilines is 3. The van der Waals surface area contributed by atoms with Crippen molar-refractivity contribution in [3.05, 3.63) is 89.5 Å². The van der Waals surface area contributed by atoms with Gasteiger partial charge in [0.25, 0.3) is 0 Å². The Morgan fingerprint density at radius 2 is 1.41 bits per heavy atom. The van der Waals surface area contributed by atoms with Crippen LogP contribution >= 0.6 is 0 Å². The second-order valence-corrected chi connectivity index (χ2v) is 8.71. The minimum absolute atomic E-state index is 0.181. The molecule has 176 valence electrons. The monoisotopic (exact) mass is 456 g/mol. The Labute approximate surface area is 201 Å². The molecule has 3 aromatic rings. The number of carbonyl (C=O) groups is 2. The number of aryl methyl sites for hydroxylation is 2. The summed E-state index contributed by atoms with van der Waals surface area (Å²) in [5.41, 5.74) is 6.07. The predicted molar refractivity (Wildman–Crippen MR) is 139 cm³/mol. The lowest BCUT2D eigenvalue weighted by atomic mass is 10.1. The molecule has 1 saturated heterocycles. The van der Waals surface area contributed by atoms with Gasteiger partial charge in [0.1, 0.15) is 0 Å². The molecule has 1 aliphatic rings. The molecule has 0 atom stereocenters. The summed E-state index contributed by atoms with van der Waals surface area (Å²) in [7, 11) is 0. The van der Waals surface area contributed by atoms with Crippen molar-refractivity contribution >= 4 is 29.0 Å². The van der Waals surface area contributed by atoms with Crippen LogP contribution in [0.1, 0.15) is 23.6 Å². The molecular formula is C28H32N4O2. The fourth-order valence-corrected chi connectivity index (χ4v) is 4.20.